The molecule has 0 heterocycles. The maximum absolute atomic E-state index is 12.2. The summed E-state index contributed by atoms with van der Waals surface area (Å²) < 4.78 is 15.3. The molecule has 8 nitrogen and oxygen atoms in total. The van der Waals surface area contributed by atoms with Gasteiger partial charge in [0.1, 0.15) is 12.6 Å². The Morgan fingerprint density at radius 2 is 1.70 bits per heavy atom. The Bertz CT molecular complexity index is 612. The van der Waals surface area contributed by atoms with Gasteiger partial charge >= 0.3 is 12.1 Å². The van der Waals surface area contributed by atoms with E-state index in [4.69, 9.17) is 14.2 Å². The molecule has 3 N–H and O–H groups in total. The summed E-state index contributed by atoms with van der Waals surface area (Å²) in [6, 6.07) is 8.03. The molecule has 0 aliphatic rings. The van der Waals surface area contributed by atoms with E-state index in [1.54, 1.807) is 34.6 Å². The van der Waals surface area contributed by atoms with Crippen molar-refractivity contribution in [3.63, 3.8) is 0 Å². The number of alkyl carbamates (subject to hydrolysis) is 1. The summed E-state index contributed by atoms with van der Waals surface area (Å²) in [5, 5.41) is 15.3. The van der Waals surface area contributed by atoms with Gasteiger partial charge in [0.05, 0.1) is 12.7 Å². The first kappa shape index (κ1) is 22.9. The van der Waals surface area contributed by atoms with Crippen LogP contribution < -0.4 is 10.6 Å². The van der Waals surface area contributed by atoms with Crippen molar-refractivity contribution in [1.82, 2.24) is 10.6 Å². The minimum atomic E-state index is -1.35. The highest BCUT2D eigenvalue weighted by atomic mass is 16.6. The molecule has 27 heavy (non-hydrogen) atoms. The molecule has 0 radical (unpaired) electrons. The van der Waals surface area contributed by atoms with Crippen LogP contribution in [0.15, 0.2) is 30.3 Å². The van der Waals surface area contributed by atoms with Crippen LogP contribution in [0.5, 0.6) is 0 Å². The fourth-order valence-corrected chi connectivity index (χ4v) is 2.30. The molecule has 1 aromatic carbocycles. The summed E-state index contributed by atoms with van der Waals surface area (Å²) in [4.78, 5) is 24.3. The van der Waals surface area contributed by atoms with Crippen LogP contribution in [0.3, 0.4) is 0 Å². The number of carbonyl (C=O) groups excluding carboxylic acids is 2. The highest BCUT2D eigenvalue weighted by Gasteiger charge is 2.39. The maximum atomic E-state index is 12.2. The van der Waals surface area contributed by atoms with Crippen molar-refractivity contribution in [3.05, 3.63) is 35.9 Å². The van der Waals surface area contributed by atoms with E-state index in [0.717, 1.165) is 5.56 Å². The van der Waals surface area contributed by atoms with Crippen LogP contribution in [0.4, 0.5) is 4.79 Å². The lowest BCUT2D eigenvalue weighted by atomic mass is 9.94. The van der Waals surface area contributed by atoms with E-state index >= 15 is 0 Å². The normalized spacial score (nSPS) is 14.2. The van der Waals surface area contributed by atoms with E-state index < -0.39 is 35.7 Å². The fraction of sp³-hybridized carbons (Fsp3) is 0.579. The molecular weight excluding hydrogens is 352 g/mol. The minimum absolute atomic E-state index is 0.0597. The predicted molar refractivity (Wildman–Crippen MR) is 99.6 cm³/mol. The Hall–Kier alpha value is -2.16. The van der Waals surface area contributed by atoms with Crippen molar-refractivity contribution < 1.29 is 28.9 Å². The van der Waals surface area contributed by atoms with E-state index in [1.165, 1.54) is 7.11 Å². The Morgan fingerprint density at radius 3 is 2.22 bits per heavy atom. The maximum Gasteiger partial charge on any atom is 0.408 e. The minimum Gasteiger partial charge on any atom is -0.467 e. The third-order valence-electron chi connectivity index (χ3n) is 3.59. The van der Waals surface area contributed by atoms with Crippen molar-refractivity contribution in [2.45, 2.75) is 64.8 Å². The summed E-state index contributed by atoms with van der Waals surface area (Å²) in [5.74, 6) is -0.688. The molecule has 0 saturated carbocycles. The molecule has 1 rings (SSSR count). The second-order valence-electron chi connectivity index (χ2n) is 7.61. The van der Waals surface area contributed by atoms with Crippen molar-refractivity contribution >= 4 is 12.1 Å². The van der Waals surface area contributed by atoms with Gasteiger partial charge in [0.2, 0.25) is 6.41 Å². The van der Waals surface area contributed by atoms with Crippen LogP contribution in [0, 0.1) is 0 Å². The number of aliphatic hydroxyl groups is 1. The molecule has 8 heteroatoms. The van der Waals surface area contributed by atoms with Gasteiger partial charge in [-0.25, -0.2) is 9.59 Å². The Morgan fingerprint density at radius 1 is 1.11 bits per heavy atom. The average Bonchev–Trinajstić information content (AvgIpc) is 2.55. The molecule has 152 valence electrons. The van der Waals surface area contributed by atoms with Gasteiger partial charge in [-0.15, -0.1) is 0 Å². The zero-order valence-electron chi connectivity index (χ0n) is 16.7. The van der Waals surface area contributed by atoms with Gasteiger partial charge in [-0.3, -0.25) is 5.32 Å². The summed E-state index contributed by atoms with van der Waals surface area (Å²) >= 11 is 0. The van der Waals surface area contributed by atoms with Gasteiger partial charge < -0.3 is 24.6 Å². The van der Waals surface area contributed by atoms with Crippen molar-refractivity contribution in [2.24, 2.45) is 0 Å². The summed E-state index contributed by atoms with van der Waals surface area (Å²) in [6.45, 7) is 8.65. The molecule has 1 amide bonds. The molecule has 2 atom stereocenters. The molecule has 0 aromatic heterocycles. The molecule has 1 unspecified atom stereocenters. The molecule has 0 fully saturated rings. The predicted octanol–water partition coefficient (Wildman–Crippen LogP) is 1.91. The van der Waals surface area contributed by atoms with E-state index in [2.05, 4.69) is 10.6 Å². The number of methoxy groups -OCH3 is 1. The molecule has 0 bridgehead atoms. The van der Waals surface area contributed by atoms with Crippen LogP contribution in [-0.2, 0) is 25.6 Å². The average molecular weight is 382 g/mol. The SMILES string of the molecule is COC(=O)[C@@H](NC(=O)OCc1ccccc1)C(C)(C)NC(O)OC(C)(C)C. The number of aliphatic hydroxyl groups excluding tert-OH is 1. The monoisotopic (exact) mass is 382 g/mol. The van der Waals surface area contributed by atoms with Gasteiger partial charge in [-0.05, 0) is 40.2 Å². The number of rotatable bonds is 8. The first-order valence-electron chi connectivity index (χ1n) is 8.63. The lowest BCUT2D eigenvalue weighted by Gasteiger charge is -2.36. The number of ether oxygens (including phenoxy) is 3. The first-order valence-corrected chi connectivity index (χ1v) is 8.63. The molecule has 0 saturated heterocycles. The van der Waals surface area contributed by atoms with Gasteiger partial charge in [-0.2, -0.15) is 0 Å². The zero-order chi connectivity index (χ0) is 20.7. The van der Waals surface area contributed by atoms with E-state index in [-0.39, 0.29) is 6.61 Å². The number of hydrogen-bond donors (Lipinski definition) is 3. The van der Waals surface area contributed by atoms with Crippen LogP contribution >= 0.6 is 0 Å². The molecule has 0 aliphatic heterocycles. The molecule has 0 spiro atoms. The Kier molecular flexibility index (Phi) is 8.20. The number of nitrogens with one attached hydrogen (secondary N) is 2. The van der Waals surface area contributed by atoms with Gasteiger partial charge in [-0.1, -0.05) is 30.3 Å². The zero-order valence-corrected chi connectivity index (χ0v) is 16.7. The molecular formula is C19H30N2O6. The standard InChI is InChI=1S/C19H30N2O6/c1-18(2,3)27-17(24)21-19(4,5)14(15(22)25-6)20-16(23)26-12-13-10-8-7-9-11-13/h7-11,14,17,21,24H,12H2,1-6H3,(H,20,23)/t14-,17?/m1/s1. The number of esters is 1. The second-order valence-corrected chi connectivity index (χ2v) is 7.61. The van der Waals surface area contributed by atoms with Crippen molar-refractivity contribution in [2.75, 3.05) is 7.11 Å². The quantitative estimate of drug-likeness (QED) is 0.466. The van der Waals surface area contributed by atoms with Crippen LogP contribution in [0.1, 0.15) is 40.2 Å². The lowest BCUT2D eigenvalue weighted by Crippen LogP contribution is -2.64. The van der Waals surface area contributed by atoms with Gasteiger partial charge in [0, 0.05) is 5.54 Å². The molecule has 1 aromatic rings. The van der Waals surface area contributed by atoms with Gasteiger partial charge in [0.25, 0.3) is 0 Å². The number of amides is 1. The second kappa shape index (κ2) is 9.68. The first-order chi connectivity index (χ1) is 12.4. The van der Waals surface area contributed by atoms with Crippen LogP contribution in [0.2, 0.25) is 0 Å². The number of benzene rings is 1. The highest BCUT2D eigenvalue weighted by Crippen LogP contribution is 2.15. The lowest BCUT2D eigenvalue weighted by molar-refractivity contribution is -0.193. The third kappa shape index (κ3) is 8.38. The van der Waals surface area contributed by atoms with E-state index in [0.29, 0.717) is 0 Å². The number of hydrogen-bond acceptors (Lipinski definition) is 7. The smallest absolute Gasteiger partial charge is 0.408 e. The highest BCUT2D eigenvalue weighted by molar-refractivity contribution is 5.82. The van der Waals surface area contributed by atoms with E-state index in [1.807, 2.05) is 30.3 Å². The topological polar surface area (TPSA) is 106 Å². The summed E-state index contributed by atoms with van der Waals surface area (Å²) in [5.41, 5.74) is -0.886. The Balaban J connectivity index is 2.75. The molecule has 0 aliphatic carbocycles. The van der Waals surface area contributed by atoms with Gasteiger partial charge in [0.15, 0.2) is 0 Å². The number of carbonyl (C=O) groups is 2. The van der Waals surface area contributed by atoms with Crippen molar-refractivity contribution in [3.8, 4) is 0 Å². The largest absolute Gasteiger partial charge is 0.467 e. The van der Waals surface area contributed by atoms with E-state index in [9.17, 15) is 14.7 Å². The van der Waals surface area contributed by atoms with Crippen molar-refractivity contribution in [1.29, 1.82) is 0 Å². The summed E-state index contributed by atoms with van der Waals surface area (Å²) in [6.07, 6.45) is -2.13. The summed E-state index contributed by atoms with van der Waals surface area (Å²) in [7, 11) is 1.21. The van der Waals surface area contributed by atoms with Crippen LogP contribution in [0.25, 0.3) is 0 Å². The van der Waals surface area contributed by atoms with Crippen LogP contribution in [-0.4, -0.2) is 47.9 Å². The third-order valence-corrected chi connectivity index (χ3v) is 3.59. The Labute approximate surface area is 160 Å². The fourth-order valence-electron chi connectivity index (χ4n) is 2.30.